The van der Waals surface area contributed by atoms with Crippen LogP contribution in [-0.4, -0.2) is 50.8 Å². The first kappa shape index (κ1) is 20.7. The number of carbonyl (C=O) groups excluding carboxylic acids is 1. The Kier molecular flexibility index (Phi) is 6.53. The van der Waals surface area contributed by atoms with Gasteiger partial charge in [0.2, 0.25) is 5.75 Å². The number of hydrogen-bond acceptors (Lipinski definition) is 7. The Hall–Kier alpha value is -4.01. The Bertz CT molecular complexity index is 1020. The van der Waals surface area contributed by atoms with E-state index in [0.717, 1.165) is 17.0 Å². The summed E-state index contributed by atoms with van der Waals surface area (Å²) in [6, 6.07) is 10.6. The van der Waals surface area contributed by atoms with Gasteiger partial charge in [0.15, 0.2) is 11.5 Å². The van der Waals surface area contributed by atoms with Crippen molar-refractivity contribution in [3.63, 3.8) is 0 Å². The van der Waals surface area contributed by atoms with Crippen LogP contribution in [0.1, 0.15) is 15.9 Å². The smallest absolute Gasteiger partial charge is 0.271 e. The molecule has 156 valence electrons. The van der Waals surface area contributed by atoms with Crippen molar-refractivity contribution >= 4 is 12.1 Å². The van der Waals surface area contributed by atoms with Gasteiger partial charge in [-0.15, -0.1) is 0 Å². The number of carbonyl (C=O) groups is 1. The molecule has 0 saturated heterocycles. The lowest BCUT2D eigenvalue weighted by molar-refractivity contribution is 0.0954. The van der Waals surface area contributed by atoms with Gasteiger partial charge in [-0.05, 0) is 36.4 Å². The lowest BCUT2D eigenvalue weighted by atomic mass is 10.1. The highest BCUT2D eigenvalue weighted by Crippen LogP contribution is 2.38. The molecule has 0 spiro atoms. The zero-order valence-corrected chi connectivity index (χ0v) is 17.1. The number of rotatable bonds is 8. The Morgan fingerprint density at radius 2 is 1.67 bits per heavy atom. The van der Waals surface area contributed by atoms with Crippen molar-refractivity contribution in [1.82, 2.24) is 15.6 Å². The number of amides is 1. The van der Waals surface area contributed by atoms with Crippen molar-refractivity contribution in [2.24, 2.45) is 5.10 Å². The lowest BCUT2D eigenvalue weighted by Crippen LogP contribution is -2.18. The fourth-order valence-corrected chi connectivity index (χ4v) is 2.82. The summed E-state index contributed by atoms with van der Waals surface area (Å²) in [7, 11) is 6.07. The van der Waals surface area contributed by atoms with Crippen molar-refractivity contribution in [2.75, 3.05) is 28.4 Å². The molecule has 1 aromatic heterocycles. The van der Waals surface area contributed by atoms with Crippen LogP contribution in [0.4, 0.5) is 0 Å². The second-order valence-corrected chi connectivity index (χ2v) is 6.04. The van der Waals surface area contributed by atoms with Gasteiger partial charge in [0, 0.05) is 16.7 Å². The Labute approximate surface area is 173 Å². The van der Waals surface area contributed by atoms with Crippen LogP contribution in [0.15, 0.2) is 47.7 Å². The molecule has 0 saturated carbocycles. The fraction of sp³-hybridized carbons (Fsp3) is 0.190. The van der Waals surface area contributed by atoms with Gasteiger partial charge in [-0.1, -0.05) is 0 Å². The summed E-state index contributed by atoms with van der Waals surface area (Å²) in [5.74, 6) is 1.49. The lowest BCUT2D eigenvalue weighted by Gasteiger charge is -2.13. The minimum absolute atomic E-state index is 0.309. The highest BCUT2D eigenvalue weighted by molar-refractivity contribution is 5.96. The van der Waals surface area contributed by atoms with Gasteiger partial charge in [0.1, 0.15) is 5.75 Å². The predicted molar refractivity (Wildman–Crippen MR) is 112 cm³/mol. The summed E-state index contributed by atoms with van der Waals surface area (Å²) in [6.45, 7) is 0. The zero-order valence-electron chi connectivity index (χ0n) is 17.1. The molecule has 0 aliphatic carbocycles. The molecule has 1 amide bonds. The first-order chi connectivity index (χ1) is 14.6. The molecule has 0 radical (unpaired) electrons. The SMILES string of the molecule is COc1ccc(-c2[nH]ncc2/C=N/NC(=O)c2cc(OC)c(OC)c(OC)c2)cc1. The van der Waals surface area contributed by atoms with Gasteiger partial charge in [0.25, 0.3) is 5.91 Å². The van der Waals surface area contributed by atoms with Crippen LogP contribution in [0.3, 0.4) is 0 Å². The standard InChI is InChI=1S/C21H22N4O5/c1-27-16-7-5-13(6-8-16)19-15(11-22-24-19)12-23-25-21(26)14-9-17(28-2)20(30-4)18(10-14)29-3/h5-12H,1-4H3,(H,22,24)(H,25,26)/b23-12+. The molecule has 3 rings (SSSR count). The number of aromatic nitrogens is 2. The first-order valence-electron chi connectivity index (χ1n) is 8.92. The highest BCUT2D eigenvalue weighted by atomic mass is 16.5. The van der Waals surface area contributed by atoms with Crippen molar-refractivity contribution in [2.45, 2.75) is 0 Å². The van der Waals surface area contributed by atoms with E-state index >= 15 is 0 Å². The maximum absolute atomic E-state index is 12.5. The van der Waals surface area contributed by atoms with Crippen LogP contribution >= 0.6 is 0 Å². The second-order valence-electron chi connectivity index (χ2n) is 6.04. The summed E-state index contributed by atoms with van der Waals surface area (Å²) in [5, 5.41) is 11.0. The minimum Gasteiger partial charge on any atom is -0.497 e. The summed E-state index contributed by atoms with van der Waals surface area (Å²) in [6.07, 6.45) is 3.13. The van der Waals surface area contributed by atoms with Crippen molar-refractivity contribution in [1.29, 1.82) is 0 Å². The van der Waals surface area contributed by atoms with E-state index in [1.165, 1.54) is 27.5 Å². The molecule has 3 aromatic rings. The predicted octanol–water partition coefficient (Wildman–Crippen LogP) is 2.88. The summed E-state index contributed by atoms with van der Waals surface area (Å²) in [5.41, 5.74) is 5.19. The number of H-pyrrole nitrogens is 1. The third-order valence-electron chi connectivity index (χ3n) is 4.34. The maximum Gasteiger partial charge on any atom is 0.271 e. The average Bonchev–Trinajstić information content (AvgIpc) is 3.26. The molecule has 2 aromatic carbocycles. The van der Waals surface area contributed by atoms with E-state index in [0.29, 0.717) is 28.4 Å². The van der Waals surface area contributed by atoms with E-state index in [2.05, 4.69) is 20.7 Å². The van der Waals surface area contributed by atoms with Gasteiger partial charge in [-0.2, -0.15) is 10.2 Å². The summed E-state index contributed by atoms with van der Waals surface area (Å²) >= 11 is 0. The van der Waals surface area contributed by atoms with Gasteiger partial charge in [0.05, 0.1) is 46.5 Å². The first-order valence-corrected chi connectivity index (χ1v) is 8.92. The van der Waals surface area contributed by atoms with E-state index in [1.807, 2.05) is 24.3 Å². The van der Waals surface area contributed by atoms with Gasteiger partial charge in [-0.3, -0.25) is 9.89 Å². The Morgan fingerprint density at radius 3 is 2.23 bits per heavy atom. The van der Waals surface area contributed by atoms with Crippen LogP contribution in [0.25, 0.3) is 11.3 Å². The quantitative estimate of drug-likeness (QED) is 0.437. The number of methoxy groups -OCH3 is 4. The number of ether oxygens (including phenoxy) is 4. The number of nitrogens with zero attached hydrogens (tertiary/aromatic N) is 2. The molecule has 0 bridgehead atoms. The minimum atomic E-state index is -0.431. The highest BCUT2D eigenvalue weighted by Gasteiger charge is 2.16. The van der Waals surface area contributed by atoms with Crippen molar-refractivity contribution < 1.29 is 23.7 Å². The number of hydrazone groups is 1. The van der Waals surface area contributed by atoms with Gasteiger partial charge in [-0.25, -0.2) is 5.43 Å². The molecule has 2 N–H and O–H groups in total. The molecular formula is C21H22N4O5. The van der Waals surface area contributed by atoms with E-state index in [9.17, 15) is 4.79 Å². The van der Waals surface area contributed by atoms with E-state index in [4.69, 9.17) is 18.9 Å². The molecule has 0 aliphatic heterocycles. The zero-order chi connectivity index (χ0) is 21.5. The normalized spacial score (nSPS) is 10.7. The van der Waals surface area contributed by atoms with Crippen LogP contribution < -0.4 is 24.4 Å². The van der Waals surface area contributed by atoms with Crippen LogP contribution in [0.5, 0.6) is 23.0 Å². The Morgan fingerprint density at radius 1 is 1.00 bits per heavy atom. The second kappa shape index (κ2) is 9.46. The molecule has 0 unspecified atom stereocenters. The summed E-state index contributed by atoms with van der Waals surface area (Å²) in [4.78, 5) is 12.5. The van der Waals surface area contributed by atoms with Crippen LogP contribution in [0, 0.1) is 0 Å². The topological polar surface area (TPSA) is 107 Å². The molecule has 30 heavy (non-hydrogen) atoms. The molecule has 0 atom stereocenters. The van der Waals surface area contributed by atoms with Crippen LogP contribution in [-0.2, 0) is 0 Å². The van der Waals surface area contributed by atoms with E-state index in [-0.39, 0.29) is 0 Å². The van der Waals surface area contributed by atoms with E-state index < -0.39 is 5.91 Å². The largest absolute Gasteiger partial charge is 0.497 e. The molecule has 0 fully saturated rings. The third kappa shape index (κ3) is 4.35. The average molecular weight is 410 g/mol. The monoisotopic (exact) mass is 410 g/mol. The number of nitrogens with one attached hydrogen (secondary N) is 2. The maximum atomic E-state index is 12.5. The van der Waals surface area contributed by atoms with Crippen LogP contribution in [0.2, 0.25) is 0 Å². The van der Waals surface area contributed by atoms with Crippen molar-refractivity contribution in [3.8, 4) is 34.3 Å². The number of benzene rings is 2. The fourth-order valence-electron chi connectivity index (χ4n) is 2.82. The molecular weight excluding hydrogens is 388 g/mol. The molecule has 0 aliphatic rings. The Balaban J connectivity index is 1.76. The molecule has 1 heterocycles. The third-order valence-corrected chi connectivity index (χ3v) is 4.34. The summed E-state index contributed by atoms with van der Waals surface area (Å²) < 4.78 is 21.0. The van der Waals surface area contributed by atoms with E-state index in [1.54, 1.807) is 25.4 Å². The number of aromatic amines is 1. The molecule has 9 nitrogen and oxygen atoms in total. The van der Waals surface area contributed by atoms with Gasteiger partial charge < -0.3 is 18.9 Å². The number of hydrogen-bond donors (Lipinski definition) is 2. The molecule has 9 heteroatoms. The van der Waals surface area contributed by atoms with Crippen molar-refractivity contribution in [3.05, 3.63) is 53.7 Å². The van der Waals surface area contributed by atoms with Gasteiger partial charge >= 0.3 is 0 Å².